The fraction of sp³-hybridized carbons (Fsp3) is 0.296. The summed E-state index contributed by atoms with van der Waals surface area (Å²) >= 11 is 0. The molecule has 0 atom stereocenters. The van der Waals surface area contributed by atoms with Gasteiger partial charge in [-0.15, -0.1) is 0 Å². The lowest BCUT2D eigenvalue weighted by atomic mass is 9.86. The van der Waals surface area contributed by atoms with E-state index in [1.807, 2.05) is 4.90 Å². The Bertz CT molecular complexity index is 1310. The van der Waals surface area contributed by atoms with Crippen LogP contribution in [0.3, 0.4) is 0 Å². The van der Waals surface area contributed by atoms with Gasteiger partial charge >= 0.3 is 0 Å². The second-order valence-corrected chi connectivity index (χ2v) is 9.21. The highest BCUT2D eigenvalue weighted by atomic mass is 19.1. The predicted molar refractivity (Wildman–Crippen MR) is 136 cm³/mol. The Hall–Kier alpha value is -4.05. The number of H-pyrrole nitrogens is 1. The predicted octanol–water partition coefficient (Wildman–Crippen LogP) is 2.25. The van der Waals surface area contributed by atoms with Crippen LogP contribution in [0.25, 0.3) is 17.0 Å². The molecule has 10 heteroatoms. The van der Waals surface area contributed by atoms with Crippen LogP contribution >= 0.6 is 0 Å². The van der Waals surface area contributed by atoms with E-state index in [1.54, 1.807) is 30.5 Å². The number of primary amides is 1. The zero-order chi connectivity index (χ0) is 26.4. The zero-order valence-electron chi connectivity index (χ0n) is 20.2. The van der Waals surface area contributed by atoms with Crippen LogP contribution in [0.15, 0.2) is 54.7 Å². The maximum atomic E-state index is 13.7. The zero-order valence-corrected chi connectivity index (χ0v) is 20.2. The van der Waals surface area contributed by atoms with E-state index in [1.165, 1.54) is 30.3 Å². The van der Waals surface area contributed by atoms with Crippen LogP contribution in [-0.2, 0) is 20.8 Å². The van der Waals surface area contributed by atoms with Crippen molar-refractivity contribution in [2.75, 3.05) is 26.2 Å². The molecule has 0 spiro atoms. The number of halogens is 2. The Kier molecular flexibility index (Phi) is 7.98. The second-order valence-electron chi connectivity index (χ2n) is 9.21. The molecule has 0 unspecified atom stereocenters. The number of amides is 3. The maximum absolute atomic E-state index is 13.7. The van der Waals surface area contributed by atoms with Gasteiger partial charge in [0, 0.05) is 42.8 Å². The number of benzene rings is 2. The first kappa shape index (κ1) is 26.0. The van der Waals surface area contributed by atoms with Crippen molar-refractivity contribution in [1.29, 1.82) is 0 Å². The number of hydrogen-bond donors (Lipinski definition) is 4. The molecule has 3 amide bonds. The van der Waals surface area contributed by atoms with Crippen molar-refractivity contribution in [3.8, 4) is 0 Å². The van der Waals surface area contributed by atoms with Crippen molar-refractivity contribution in [2.45, 2.75) is 24.8 Å². The van der Waals surface area contributed by atoms with Crippen LogP contribution in [-0.4, -0.2) is 59.3 Å². The minimum Gasteiger partial charge on any atom is -0.369 e. The molecule has 3 aromatic rings. The Balaban J connectivity index is 1.43. The van der Waals surface area contributed by atoms with Gasteiger partial charge in [0.15, 0.2) is 0 Å². The van der Waals surface area contributed by atoms with E-state index in [-0.39, 0.29) is 30.6 Å². The third kappa shape index (κ3) is 6.59. The summed E-state index contributed by atoms with van der Waals surface area (Å²) in [4.78, 5) is 42.4. The Morgan fingerprint density at radius 1 is 1.05 bits per heavy atom. The number of fused-ring (bicyclic) bond motifs is 1. The first-order chi connectivity index (χ1) is 17.7. The molecule has 194 valence electrons. The Morgan fingerprint density at radius 2 is 1.76 bits per heavy atom. The summed E-state index contributed by atoms with van der Waals surface area (Å²) in [5.74, 6) is -1.97. The number of aromatic nitrogens is 1. The minimum atomic E-state index is -1.18. The summed E-state index contributed by atoms with van der Waals surface area (Å²) in [6.07, 6.45) is 5.69. The van der Waals surface area contributed by atoms with Gasteiger partial charge in [-0.05, 0) is 66.8 Å². The van der Waals surface area contributed by atoms with E-state index in [0.717, 1.165) is 16.5 Å². The molecule has 0 radical (unpaired) electrons. The van der Waals surface area contributed by atoms with Gasteiger partial charge in [0.05, 0.1) is 6.54 Å². The van der Waals surface area contributed by atoms with Gasteiger partial charge in [0.25, 0.3) is 0 Å². The quantitative estimate of drug-likeness (QED) is 0.331. The van der Waals surface area contributed by atoms with Crippen LogP contribution in [0, 0.1) is 11.6 Å². The number of piperidine rings is 1. The summed E-state index contributed by atoms with van der Waals surface area (Å²) in [7, 11) is 0. The highest BCUT2D eigenvalue weighted by molar-refractivity contribution is 5.97. The Morgan fingerprint density at radius 3 is 2.46 bits per heavy atom. The van der Waals surface area contributed by atoms with Crippen LogP contribution in [0.4, 0.5) is 8.78 Å². The number of nitrogens with zero attached hydrogens (tertiary/aromatic N) is 1. The molecule has 2 heterocycles. The summed E-state index contributed by atoms with van der Waals surface area (Å²) in [5.41, 5.74) is 6.45. The van der Waals surface area contributed by atoms with Crippen LogP contribution in [0.5, 0.6) is 0 Å². The first-order valence-electron chi connectivity index (χ1n) is 12.0. The van der Waals surface area contributed by atoms with Crippen molar-refractivity contribution in [2.24, 2.45) is 5.73 Å². The average Bonchev–Trinajstić information content (AvgIpc) is 3.26. The van der Waals surface area contributed by atoms with Crippen molar-refractivity contribution in [3.05, 3.63) is 77.5 Å². The number of aromatic amines is 1. The van der Waals surface area contributed by atoms with E-state index >= 15 is 0 Å². The van der Waals surface area contributed by atoms with Crippen molar-refractivity contribution >= 4 is 34.7 Å². The fourth-order valence-corrected chi connectivity index (χ4v) is 4.58. The molecule has 0 bridgehead atoms. The number of likely N-dealkylation sites (tertiary alicyclic amines) is 1. The van der Waals surface area contributed by atoms with Gasteiger partial charge in [-0.3, -0.25) is 19.3 Å². The van der Waals surface area contributed by atoms with Crippen LogP contribution < -0.4 is 16.4 Å². The maximum Gasteiger partial charge on any atom is 0.245 e. The van der Waals surface area contributed by atoms with Gasteiger partial charge in [-0.25, -0.2) is 8.78 Å². The molecule has 37 heavy (non-hydrogen) atoms. The third-order valence-electron chi connectivity index (χ3n) is 6.59. The summed E-state index contributed by atoms with van der Waals surface area (Å²) < 4.78 is 26.8. The van der Waals surface area contributed by atoms with E-state index < -0.39 is 17.4 Å². The van der Waals surface area contributed by atoms with Crippen LogP contribution in [0.2, 0.25) is 0 Å². The summed E-state index contributed by atoms with van der Waals surface area (Å²) in [5, 5.41) is 6.53. The normalized spacial score (nSPS) is 15.6. The molecule has 4 rings (SSSR count). The van der Waals surface area contributed by atoms with E-state index in [9.17, 15) is 23.2 Å². The van der Waals surface area contributed by atoms with Gasteiger partial charge in [0.2, 0.25) is 17.7 Å². The van der Waals surface area contributed by atoms with Gasteiger partial charge in [-0.2, -0.15) is 0 Å². The number of nitrogens with one attached hydrogen (secondary N) is 3. The third-order valence-corrected chi connectivity index (χ3v) is 6.59. The topological polar surface area (TPSA) is 120 Å². The molecule has 2 aromatic carbocycles. The standard InChI is InChI=1S/C27H29F2N5O3/c28-20-4-1-18(2-5-20)3-8-25(36)33-27(10-13-34(14-11-27)17-24(30)35)26(37)31-12-9-19-16-32-23-7-6-21(29)15-22(19)23/h1-8,15-16,32H,9-14,17H2,(H2,30,35)(H,31,37)(H,33,36). The largest absolute Gasteiger partial charge is 0.369 e. The molecule has 1 aliphatic rings. The van der Waals surface area contributed by atoms with Crippen molar-refractivity contribution in [3.63, 3.8) is 0 Å². The van der Waals surface area contributed by atoms with Gasteiger partial charge in [-0.1, -0.05) is 12.1 Å². The molecular weight excluding hydrogens is 480 g/mol. The summed E-state index contributed by atoms with van der Waals surface area (Å²) in [6.45, 7) is 1.17. The molecule has 1 aliphatic heterocycles. The molecule has 1 aromatic heterocycles. The lowest BCUT2D eigenvalue weighted by molar-refractivity contribution is -0.134. The molecule has 0 aliphatic carbocycles. The molecule has 8 nitrogen and oxygen atoms in total. The highest BCUT2D eigenvalue weighted by Gasteiger charge is 2.42. The monoisotopic (exact) mass is 509 g/mol. The molecule has 1 fully saturated rings. The lowest BCUT2D eigenvalue weighted by Gasteiger charge is -2.40. The average molecular weight is 510 g/mol. The fourth-order valence-electron chi connectivity index (χ4n) is 4.58. The minimum absolute atomic E-state index is 0.0766. The number of rotatable bonds is 9. The first-order valence-corrected chi connectivity index (χ1v) is 12.0. The SMILES string of the molecule is NC(=O)CN1CCC(NC(=O)C=Cc2ccc(F)cc2)(C(=O)NCCc2c[nH]c3ccc(F)cc23)CC1. The van der Waals surface area contributed by atoms with E-state index in [4.69, 9.17) is 5.73 Å². The van der Waals surface area contributed by atoms with Gasteiger partial charge in [0.1, 0.15) is 17.2 Å². The molecule has 1 saturated heterocycles. The van der Waals surface area contributed by atoms with E-state index in [0.29, 0.717) is 37.9 Å². The molecule has 5 N–H and O–H groups in total. The molecule has 0 saturated carbocycles. The number of nitrogens with two attached hydrogens (primary N) is 1. The van der Waals surface area contributed by atoms with Crippen molar-refractivity contribution < 1.29 is 23.2 Å². The highest BCUT2D eigenvalue weighted by Crippen LogP contribution is 2.24. The second kappa shape index (κ2) is 11.3. The smallest absolute Gasteiger partial charge is 0.245 e. The van der Waals surface area contributed by atoms with Crippen LogP contribution in [0.1, 0.15) is 24.0 Å². The summed E-state index contributed by atoms with van der Waals surface area (Å²) in [6, 6.07) is 10.2. The number of carbonyl (C=O) groups is 3. The number of carbonyl (C=O) groups excluding carboxylic acids is 3. The Labute approximate surface area is 212 Å². The van der Waals surface area contributed by atoms with E-state index in [2.05, 4.69) is 15.6 Å². The number of hydrogen-bond acceptors (Lipinski definition) is 4. The van der Waals surface area contributed by atoms with Gasteiger partial charge < -0.3 is 21.4 Å². The lowest BCUT2D eigenvalue weighted by Crippen LogP contribution is -2.63. The van der Waals surface area contributed by atoms with Crippen molar-refractivity contribution in [1.82, 2.24) is 20.5 Å². The molecular formula is C27H29F2N5O3.